The van der Waals surface area contributed by atoms with Crippen molar-refractivity contribution in [3.8, 4) is 17.0 Å². The lowest BCUT2D eigenvalue weighted by molar-refractivity contribution is 0.0358. The maximum absolute atomic E-state index is 12.0. The molecular formula is C26H32N4O4. The highest BCUT2D eigenvalue weighted by atomic mass is 16.6. The molecule has 5 rings (SSSR count). The Bertz CT molecular complexity index is 1170. The van der Waals surface area contributed by atoms with Crippen molar-refractivity contribution in [2.75, 3.05) is 63.2 Å². The van der Waals surface area contributed by atoms with Crippen molar-refractivity contribution in [3.63, 3.8) is 0 Å². The number of cyclic esters (lactones) is 1. The number of nitrogens with zero attached hydrogens (tertiary/aromatic N) is 3. The molecule has 3 heterocycles. The molecule has 3 aromatic rings. The van der Waals surface area contributed by atoms with Gasteiger partial charge in [0.2, 0.25) is 0 Å². The number of aryl methyl sites for hydroxylation is 1. The standard InChI is InChI=1S/C26H32N4O4/c1-2-29-23-18-21(33-13-4-9-28-10-14-32-15-11-28)7-8-22(23)24(27)25(29)19-5-3-6-20(17-19)30-12-16-34-26(30)31/h3,5-8,17-18H,2,4,9-16,27H2,1H3. The minimum atomic E-state index is -0.309. The van der Waals surface area contributed by atoms with Crippen molar-refractivity contribution in [2.24, 2.45) is 0 Å². The molecule has 0 spiro atoms. The lowest BCUT2D eigenvalue weighted by atomic mass is 10.1. The van der Waals surface area contributed by atoms with Gasteiger partial charge in [0.1, 0.15) is 12.4 Å². The number of carbonyl (C=O) groups is 1. The van der Waals surface area contributed by atoms with Gasteiger partial charge in [-0.25, -0.2) is 4.79 Å². The van der Waals surface area contributed by atoms with Gasteiger partial charge in [-0.2, -0.15) is 0 Å². The fourth-order valence-corrected chi connectivity index (χ4v) is 4.84. The van der Waals surface area contributed by atoms with Gasteiger partial charge < -0.3 is 24.5 Å². The normalized spacial score (nSPS) is 16.9. The molecule has 2 saturated heterocycles. The molecule has 2 aliphatic rings. The average Bonchev–Trinajstić information content (AvgIpc) is 3.42. The number of anilines is 2. The molecule has 0 bridgehead atoms. The predicted molar refractivity (Wildman–Crippen MR) is 134 cm³/mol. The molecule has 1 amide bonds. The van der Waals surface area contributed by atoms with Crippen LogP contribution in [-0.4, -0.2) is 68.2 Å². The molecule has 8 heteroatoms. The van der Waals surface area contributed by atoms with Crippen LogP contribution in [0.25, 0.3) is 22.2 Å². The number of rotatable bonds is 8. The molecule has 2 N–H and O–H groups in total. The molecular weight excluding hydrogens is 432 g/mol. The van der Waals surface area contributed by atoms with Crippen LogP contribution in [0.4, 0.5) is 16.2 Å². The van der Waals surface area contributed by atoms with Gasteiger partial charge in [0.05, 0.1) is 43.3 Å². The summed E-state index contributed by atoms with van der Waals surface area (Å²) in [6, 6.07) is 14.0. The van der Waals surface area contributed by atoms with Crippen molar-refractivity contribution in [1.82, 2.24) is 9.47 Å². The maximum atomic E-state index is 12.0. The van der Waals surface area contributed by atoms with E-state index in [1.165, 1.54) is 0 Å². The maximum Gasteiger partial charge on any atom is 0.414 e. The van der Waals surface area contributed by atoms with Crippen LogP contribution >= 0.6 is 0 Å². The van der Waals surface area contributed by atoms with E-state index in [1.54, 1.807) is 4.90 Å². The lowest BCUT2D eigenvalue weighted by Gasteiger charge is -2.26. The first kappa shape index (κ1) is 22.6. The number of hydrogen-bond acceptors (Lipinski definition) is 6. The van der Waals surface area contributed by atoms with Crippen LogP contribution in [0.3, 0.4) is 0 Å². The SMILES string of the molecule is CCn1c(-c2cccc(N3CCOC3=O)c2)c(N)c2ccc(OCCCN3CCOCC3)cc21. The second-order valence-corrected chi connectivity index (χ2v) is 8.66. The van der Waals surface area contributed by atoms with E-state index in [2.05, 4.69) is 22.5 Å². The monoisotopic (exact) mass is 464 g/mol. The van der Waals surface area contributed by atoms with E-state index in [0.717, 1.165) is 85.1 Å². The van der Waals surface area contributed by atoms with Gasteiger partial charge >= 0.3 is 6.09 Å². The van der Waals surface area contributed by atoms with Gasteiger partial charge in [-0.3, -0.25) is 9.80 Å². The third-order valence-electron chi connectivity index (χ3n) is 6.57. The van der Waals surface area contributed by atoms with E-state index >= 15 is 0 Å². The van der Waals surface area contributed by atoms with Gasteiger partial charge in [-0.1, -0.05) is 12.1 Å². The highest BCUT2D eigenvalue weighted by molar-refractivity contribution is 6.02. The number of aromatic nitrogens is 1. The summed E-state index contributed by atoms with van der Waals surface area (Å²) < 4.78 is 18.8. The number of ether oxygens (including phenoxy) is 3. The number of nitrogen functional groups attached to an aromatic ring is 1. The van der Waals surface area contributed by atoms with Crippen molar-refractivity contribution in [3.05, 3.63) is 42.5 Å². The molecule has 180 valence electrons. The van der Waals surface area contributed by atoms with Gasteiger partial charge in [-0.15, -0.1) is 0 Å². The van der Waals surface area contributed by atoms with Gasteiger partial charge in [-0.05, 0) is 37.6 Å². The third-order valence-corrected chi connectivity index (χ3v) is 6.57. The van der Waals surface area contributed by atoms with Crippen LogP contribution in [0.1, 0.15) is 13.3 Å². The quantitative estimate of drug-likeness (QED) is 0.508. The minimum Gasteiger partial charge on any atom is -0.493 e. The van der Waals surface area contributed by atoms with E-state index in [4.69, 9.17) is 19.9 Å². The average molecular weight is 465 g/mol. The fourth-order valence-electron chi connectivity index (χ4n) is 4.84. The Morgan fingerprint density at radius 2 is 1.91 bits per heavy atom. The topological polar surface area (TPSA) is 82.2 Å². The fraction of sp³-hybridized carbons (Fsp3) is 0.423. The first-order valence-corrected chi connectivity index (χ1v) is 12.0. The zero-order valence-corrected chi connectivity index (χ0v) is 19.7. The van der Waals surface area contributed by atoms with Crippen molar-refractivity contribution in [1.29, 1.82) is 0 Å². The Balaban J connectivity index is 1.37. The van der Waals surface area contributed by atoms with Crippen LogP contribution < -0.4 is 15.4 Å². The highest BCUT2D eigenvalue weighted by Crippen LogP contribution is 2.39. The molecule has 2 aliphatic heterocycles. The molecule has 0 unspecified atom stereocenters. The molecule has 0 saturated carbocycles. The Morgan fingerprint density at radius 3 is 2.68 bits per heavy atom. The van der Waals surface area contributed by atoms with Crippen molar-refractivity contribution < 1.29 is 19.0 Å². The smallest absolute Gasteiger partial charge is 0.414 e. The van der Waals surface area contributed by atoms with E-state index in [9.17, 15) is 4.79 Å². The zero-order chi connectivity index (χ0) is 23.5. The third kappa shape index (κ3) is 4.43. The number of carbonyl (C=O) groups excluding carboxylic acids is 1. The molecule has 34 heavy (non-hydrogen) atoms. The summed E-state index contributed by atoms with van der Waals surface area (Å²) >= 11 is 0. The van der Waals surface area contributed by atoms with Gasteiger partial charge in [0.25, 0.3) is 0 Å². The number of nitrogens with two attached hydrogens (primary N) is 1. The van der Waals surface area contributed by atoms with Crippen molar-refractivity contribution in [2.45, 2.75) is 19.9 Å². The Labute approximate surface area is 199 Å². The summed E-state index contributed by atoms with van der Waals surface area (Å²) in [5, 5.41) is 1.00. The minimum absolute atomic E-state index is 0.309. The van der Waals surface area contributed by atoms with Gasteiger partial charge in [0.15, 0.2) is 0 Å². The molecule has 0 radical (unpaired) electrons. The summed E-state index contributed by atoms with van der Waals surface area (Å²) in [6.45, 7) is 9.17. The summed E-state index contributed by atoms with van der Waals surface area (Å²) in [4.78, 5) is 16.1. The summed E-state index contributed by atoms with van der Waals surface area (Å²) in [7, 11) is 0. The van der Waals surface area contributed by atoms with Crippen LogP contribution in [0.2, 0.25) is 0 Å². The largest absolute Gasteiger partial charge is 0.493 e. The number of morpholine rings is 1. The van der Waals surface area contributed by atoms with Gasteiger partial charge in [0, 0.05) is 48.9 Å². The summed E-state index contributed by atoms with van der Waals surface area (Å²) in [6.07, 6.45) is 0.669. The van der Waals surface area contributed by atoms with Crippen LogP contribution in [0, 0.1) is 0 Å². The Morgan fingerprint density at radius 1 is 1.06 bits per heavy atom. The van der Waals surface area contributed by atoms with Crippen LogP contribution in [-0.2, 0) is 16.0 Å². The van der Waals surface area contributed by atoms with Crippen molar-refractivity contribution >= 4 is 28.4 Å². The number of hydrogen-bond donors (Lipinski definition) is 1. The molecule has 2 fully saturated rings. The second-order valence-electron chi connectivity index (χ2n) is 8.66. The number of fused-ring (bicyclic) bond motifs is 1. The zero-order valence-electron chi connectivity index (χ0n) is 19.7. The molecule has 8 nitrogen and oxygen atoms in total. The number of amides is 1. The second kappa shape index (κ2) is 9.95. The first-order chi connectivity index (χ1) is 16.7. The van der Waals surface area contributed by atoms with E-state index in [1.807, 2.05) is 36.4 Å². The van der Waals surface area contributed by atoms with Crippen LogP contribution in [0.5, 0.6) is 5.75 Å². The lowest BCUT2D eigenvalue weighted by Crippen LogP contribution is -2.37. The molecule has 0 aliphatic carbocycles. The Hall–Kier alpha value is -3.23. The Kier molecular flexibility index (Phi) is 6.60. The predicted octanol–water partition coefficient (Wildman–Crippen LogP) is 3.97. The van der Waals surface area contributed by atoms with E-state index in [0.29, 0.717) is 19.8 Å². The molecule has 1 aromatic heterocycles. The van der Waals surface area contributed by atoms with E-state index in [-0.39, 0.29) is 6.09 Å². The summed E-state index contributed by atoms with van der Waals surface area (Å²) in [5.41, 5.74) is 11.2. The van der Waals surface area contributed by atoms with E-state index < -0.39 is 0 Å². The highest BCUT2D eigenvalue weighted by Gasteiger charge is 2.24. The van der Waals surface area contributed by atoms with Crippen LogP contribution in [0.15, 0.2) is 42.5 Å². The number of benzene rings is 2. The molecule has 2 aromatic carbocycles. The molecule has 0 atom stereocenters. The summed E-state index contributed by atoms with van der Waals surface area (Å²) in [5.74, 6) is 0.849. The first-order valence-electron chi connectivity index (χ1n) is 12.0.